The van der Waals surface area contributed by atoms with Crippen LogP contribution in [0.15, 0.2) is 12.1 Å². The van der Waals surface area contributed by atoms with Crippen LogP contribution in [0.2, 0.25) is 0 Å². The summed E-state index contributed by atoms with van der Waals surface area (Å²) in [4.78, 5) is 0. The molecule has 0 fully saturated rings. The Morgan fingerprint density at radius 3 is 2.23 bits per heavy atom. The first-order valence-electron chi connectivity index (χ1n) is 7.62. The van der Waals surface area contributed by atoms with Crippen LogP contribution in [-0.2, 0) is 4.74 Å². The largest absolute Gasteiger partial charge is 0.491 e. The molecule has 0 aliphatic rings. The van der Waals surface area contributed by atoms with Gasteiger partial charge in [-0.25, -0.2) is 4.39 Å². The molecule has 0 saturated carbocycles. The summed E-state index contributed by atoms with van der Waals surface area (Å²) in [5.41, 5.74) is -0.509. The first-order valence-corrected chi connectivity index (χ1v) is 7.62. The normalized spacial score (nSPS) is 10.8. The number of halogens is 2. The van der Waals surface area contributed by atoms with E-state index in [4.69, 9.17) is 19.5 Å². The SMILES string of the molecule is CCCCCOCCCCOc1ccc(B(O)O)c(F)c1F. The molecule has 0 amide bonds. The highest BCUT2D eigenvalue weighted by molar-refractivity contribution is 6.58. The van der Waals surface area contributed by atoms with Crippen molar-refractivity contribution in [2.75, 3.05) is 19.8 Å². The fourth-order valence-corrected chi connectivity index (χ4v) is 1.90. The van der Waals surface area contributed by atoms with Gasteiger partial charge in [0.1, 0.15) is 0 Å². The molecule has 7 heteroatoms. The Hall–Kier alpha value is -1.18. The molecule has 22 heavy (non-hydrogen) atoms. The third-order valence-corrected chi connectivity index (χ3v) is 3.19. The number of hydrogen-bond acceptors (Lipinski definition) is 4. The topological polar surface area (TPSA) is 58.9 Å². The van der Waals surface area contributed by atoms with Gasteiger partial charge in [0.25, 0.3) is 0 Å². The van der Waals surface area contributed by atoms with Crippen LogP contribution in [0.4, 0.5) is 8.78 Å². The van der Waals surface area contributed by atoms with E-state index in [0.29, 0.717) is 13.0 Å². The second-order valence-corrected chi connectivity index (χ2v) is 5.03. The molecule has 4 nitrogen and oxygen atoms in total. The zero-order chi connectivity index (χ0) is 16.4. The predicted octanol–water partition coefficient (Wildman–Crippen LogP) is 2.01. The standard InChI is InChI=1S/C15H23BF2O4/c1-2-3-4-9-21-10-5-6-11-22-13-8-7-12(16(19)20)14(17)15(13)18/h7-8,19-20H,2-6,9-11H2,1H3. The zero-order valence-corrected chi connectivity index (χ0v) is 12.9. The summed E-state index contributed by atoms with van der Waals surface area (Å²) in [6, 6.07) is 2.28. The highest BCUT2D eigenvalue weighted by Gasteiger charge is 2.22. The summed E-state index contributed by atoms with van der Waals surface area (Å²) in [6.45, 7) is 3.75. The lowest BCUT2D eigenvalue weighted by Gasteiger charge is -2.10. The van der Waals surface area contributed by atoms with Gasteiger partial charge in [0.05, 0.1) is 6.61 Å². The van der Waals surface area contributed by atoms with Gasteiger partial charge in [0.2, 0.25) is 0 Å². The van der Waals surface area contributed by atoms with Crippen molar-refractivity contribution < 1.29 is 28.3 Å². The summed E-state index contributed by atoms with van der Waals surface area (Å²) in [7, 11) is -2.05. The summed E-state index contributed by atoms with van der Waals surface area (Å²) in [6.07, 6.45) is 4.82. The van der Waals surface area contributed by atoms with Gasteiger partial charge >= 0.3 is 7.12 Å². The lowest BCUT2D eigenvalue weighted by atomic mass is 9.80. The predicted molar refractivity (Wildman–Crippen MR) is 81.3 cm³/mol. The summed E-state index contributed by atoms with van der Waals surface area (Å²) < 4.78 is 37.7. The number of rotatable bonds is 11. The first-order chi connectivity index (χ1) is 10.6. The van der Waals surface area contributed by atoms with E-state index in [1.807, 2.05) is 0 Å². The molecule has 1 rings (SSSR count). The second-order valence-electron chi connectivity index (χ2n) is 5.03. The maximum atomic E-state index is 13.6. The van der Waals surface area contributed by atoms with Crippen molar-refractivity contribution in [1.82, 2.24) is 0 Å². The number of ether oxygens (including phenoxy) is 2. The maximum Gasteiger partial charge on any atom is 0.491 e. The third kappa shape index (κ3) is 6.29. The van der Waals surface area contributed by atoms with E-state index in [9.17, 15) is 8.78 Å². The zero-order valence-electron chi connectivity index (χ0n) is 12.9. The molecule has 0 spiro atoms. The highest BCUT2D eigenvalue weighted by atomic mass is 19.2. The van der Waals surface area contributed by atoms with Gasteiger partial charge in [0, 0.05) is 18.7 Å². The van der Waals surface area contributed by atoms with Gasteiger partial charge in [-0.2, -0.15) is 4.39 Å². The average molecular weight is 316 g/mol. The van der Waals surface area contributed by atoms with Crippen LogP contribution in [0.3, 0.4) is 0 Å². The van der Waals surface area contributed by atoms with Crippen molar-refractivity contribution in [2.24, 2.45) is 0 Å². The Labute approximate surface area is 130 Å². The second kappa shape index (κ2) is 10.5. The van der Waals surface area contributed by atoms with Crippen molar-refractivity contribution in [3.05, 3.63) is 23.8 Å². The Morgan fingerprint density at radius 1 is 0.955 bits per heavy atom. The molecule has 0 aromatic heterocycles. The van der Waals surface area contributed by atoms with Crippen molar-refractivity contribution in [1.29, 1.82) is 0 Å². The van der Waals surface area contributed by atoms with Gasteiger partial charge in [-0.3, -0.25) is 0 Å². The van der Waals surface area contributed by atoms with Crippen LogP contribution in [0.1, 0.15) is 39.0 Å². The van der Waals surface area contributed by atoms with E-state index in [2.05, 4.69) is 6.92 Å². The Kier molecular flexibility index (Phi) is 9.04. The van der Waals surface area contributed by atoms with Gasteiger partial charge in [-0.05, 0) is 25.3 Å². The minimum Gasteiger partial charge on any atom is -0.490 e. The van der Waals surface area contributed by atoms with E-state index in [-0.39, 0.29) is 12.4 Å². The summed E-state index contributed by atoms with van der Waals surface area (Å²) >= 11 is 0. The maximum absolute atomic E-state index is 13.6. The molecule has 1 aromatic carbocycles. The van der Waals surface area contributed by atoms with Crippen molar-refractivity contribution in [3.63, 3.8) is 0 Å². The van der Waals surface area contributed by atoms with Crippen LogP contribution in [0.5, 0.6) is 5.75 Å². The van der Waals surface area contributed by atoms with E-state index >= 15 is 0 Å². The van der Waals surface area contributed by atoms with E-state index in [1.54, 1.807) is 0 Å². The minimum atomic E-state index is -2.05. The van der Waals surface area contributed by atoms with Crippen LogP contribution >= 0.6 is 0 Å². The van der Waals surface area contributed by atoms with Gasteiger partial charge in [-0.1, -0.05) is 25.8 Å². The molecular weight excluding hydrogens is 293 g/mol. The van der Waals surface area contributed by atoms with Crippen LogP contribution < -0.4 is 10.2 Å². The molecule has 0 atom stereocenters. The van der Waals surface area contributed by atoms with Crippen molar-refractivity contribution in [2.45, 2.75) is 39.0 Å². The molecule has 0 unspecified atom stereocenters. The van der Waals surface area contributed by atoms with Crippen molar-refractivity contribution in [3.8, 4) is 5.75 Å². The molecule has 0 aliphatic heterocycles. The lowest BCUT2D eigenvalue weighted by Crippen LogP contribution is -2.33. The molecule has 1 aromatic rings. The van der Waals surface area contributed by atoms with Crippen molar-refractivity contribution >= 4 is 12.6 Å². The van der Waals surface area contributed by atoms with Gasteiger partial charge in [-0.15, -0.1) is 0 Å². The highest BCUT2D eigenvalue weighted by Crippen LogP contribution is 2.18. The monoisotopic (exact) mass is 316 g/mol. The molecule has 2 N–H and O–H groups in total. The van der Waals surface area contributed by atoms with E-state index in [0.717, 1.165) is 38.4 Å². The molecule has 0 bridgehead atoms. The number of unbranched alkanes of at least 4 members (excludes halogenated alkanes) is 3. The van der Waals surface area contributed by atoms with Gasteiger partial charge < -0.3 is 19.5 Å². The Bertz CT molecular complexity index is 444. The molecule has 0 aliphatic carbocycles. The Balaban J connectivity index is 2.24. The minimum absolute atomic E-state index is 0.231. The fraction of sp³-hybridized carbons (Fsp3) is 0.600. The molecule has 0 radical (unpaired) electrons. The van der Waals surface area contributed by atoms with Crippen LogP contribution in [0.25, 0.3) is 0 Å². The molecule has 124 valence electrons. The van der Waals surface area contributed by atoms with E-state index < -0.39 is 24.2 Å². The van der Waals surface area contributed by atoms with Gasteiger partial charge in [0.15, 0.2) is 17.4 Å². The fourth-order valence-electron chi connectivity index (χ4n) is 1.90. The van der Waals surface area contributed by atoms with Crippen LogP contribution in [0, 0.1) is 11.6 Å². The summed E-state index contributed by atoms with van der Waals surface area (Å²) in [5, 5.41) is 17.7. The molecule has 0 heterocycles. The third-order valence-electron chi connectivity index (χ3n) is 3.19. The first kappa shape index (κ1) is 18.9. The Morgan fingerprint density at radius 2 is 1.59 bits per heavy atom. The molecular formula is C15H23BF2O4. The lowest BCUT2D eigenvalue weighted by molar-refractivity contribution is 0.122. The smallest absolute Gasteiger partial charge is 0.490 e. The summed E-state index contributed by atoms with van der Waals surface area (Å²) in [5.74, 6) is -2.74. The average Bonchev–Trinajstić information content (AvgIpc) is 2.49. The molecule has 0 saturated heterocycles. The quantitative estimate of drug-likeness (QED) is 0.484. The number of hydrogen-bond donors (Lipinski definition) is 2. The van der Waals surface area contributed by atoms with Crippen LogP contribution in [-0.4, -0.2) is 37.0 Å². The number of benzene rings is 1. The van der Waals surface area contributed by atoms with E-state index in [1.165, 1.54) is 6.07 Å².